The highest BCUT2D eigenvalue weighted by atomic mass is 16.5. The van der Waals surface area contributed by atoms with Crippen LogP contribution in [0.3, 0.4) is 0 Å². The van der Waals surface area contributed by atoms with Gasteiger partial charge in [-0.2, -0.15) is 0 Å². The van der Waals surface area contributed by atoms with Crippen LogP contribution < -0.4 is 15.8 Å². The topological polar surface area (TPSA) is 84.3 Å². The number of amides is 1. The van der Waals surface area contributed by atoms with Gasteiger partial charge in [-0.3, -0.25) is 9.78 Å². The Hall–Kier alpha value is -3.02. The molecule has 0 aliphatic carbocycles. The van der Waals surface area contributed by atoms with Gasteiger partial charge in [0.25, 0.3) is 0 Å². The quantitative estimate of drug-likeness (QED) is 0.692. The van der Waals surface area contributed by atoms with Gasteiger partial charge in [0.05, 0.1) is 12.6 Å². The predicted octanol–water partition coefficient (Wildman–Crippen LogP) is 2.42. The van der Waals surface area contributed by atoms with Crippen LogP contribution in [0.1, 0.15) is 17.5 Å². The van der Waals surface area contributed by atoms with Crippen molar-refractivity contribution in [2.45, 2.75) is 19.3 Å². The van der Waals surface area contributed by atoms with Gasteiger partial charge < -0.3 is 14.5 Å². The molecule has 2 aromatic carbocycles. The lowest BCUT2D eigenvalue weighted by atomic mass is 10.1. The first kappa shape index (κ1) is 16.8. The van der Waals surface area contributed by atoms with E-state index < -0.39 is 5.76 Å². The van der Waals surface area contributed by atoms with Gasteiger partial charge in [0, 0.05) is 13.0 Å². The van der Waals surface area contributed by atoms with E-state index in [0.717, 1.165) is 16.9 Å². The van der Waals surface area contributed by atoms with Crippen LogP contribution in [0.25, 0.3) is 11.1 Å². The number of aromatic nitrogens is 1. The Morgan fingerprint density at radius 3 is 2.64 bits per heavy atom. The normalized spacial score (nSPS) is 10.8. The van der Waals surface area contributed by atoms with E-state index in [1.807, 2.05) is 36.4 Å². The highest BCUT2D eigenvalue weighted by molar-refractivity contribution is 5.76. The van der Waals surface area contributed by atoms with Crippen molar-refractivity contribution in [1.29, 1.82) is 0 Å². The lowest BCUT2D eigenvalue weighted by molar-refractivity contribution is -0.121. The fourth-order valence-electron chi connectivity index (χ4n) is 2.63. The minimum absolute atomic E-state index is 0.0186. The molecule has 0 saturated heterocycles. The number of carbonyl (C=O) groups excluding carboxylic acids is 1. The van der Waals surface area contributed by atoms with Crippen molar-refractivity contribution in [2.24, 2.45) is 0 Å². The van der Waals surface area contributed by atoms with E-state index in [2.05, 4.69) is 10.3 Å². The molecule has 0 saturated carbocycles. The van der Waals surface area contributed by atoms with Gasteiger partial charge in [-0.25, -0.2) is 4.79 Å². The van der Waals surface area contributed by atoms with Crippen molar-refractivity contribution in [3.63, 3.8) is 0 Å². The Morgan fingerprint density at radius 1 is 1.12 bits per heavy atom. The lowest BCUT2D eigenvalue weighted by Gasteiger charge is -2.06. The molecule has 3 aromatic rings. The van der Waals surface area contributed by atoms with E-state index in [4.69, 9.17) is 9.15 Å². The first-order valence-electron chi connectivity index (χ1n) is 8.15. The Balaban J connectivity index is 1.44. The summed E-state index contributed by atoms with van der Waals surface area (Å²) in [4.78, 5) is 25.7. The van der Waals surface area contributed by atoms with Crippen LogP contribution in [0, 0.1) is 0 Å². The van der Waals surface area contributed by atoms with Gasteiger partial charge in [-0.15, -0.1) is 0 Å². The molecular weight excluding hydrogens is 320 g/mol. The second-order valence-electron chi connectivity index (χ2n) is 5.79. The van der Waals surface area contributed by atoms with Crippen LogP contribution in [0.4, 0.5) is 0 Å². The number of H-pyrrole nitrogens is 1. The highest BCUT2D eigenvalue weighted by Gasteiger charge is 2.05. The van der Waals surface area contributed by atoms with Crippen molar-refractivity contribution in [2.75, 3.05) is 13.7 Å². The van der Waals surface area contributed by atoms with E-state index in [1.54, 1.807) is 13.2 Å². The van der Waals surface area contributed by atoms with E-state index in [0.29, 0.717) is 36.9 Å². The molecule has 25 heavy (non-hydrogen) atoms. The molecule has 0 aliphatic heterocycles. The zero-order valence-corrected chi connectivity index (χ0v) is 14.0. The van der Waals surface area contributed by atoms with Crippen molar-refractivity contribution in [1.82, 2.24) is 10.3 Å². The smallest absolute Gasteiger partial charge is 0.417 e. The molecule has 0 bridgehead atoms. The van der Waals surface area contributed by atoms with E-state index in [1.165, 1.54) is 0 Å². The van der Waals surface area contributed by atoms with Gasteiger partial charge in [0.15, 0.2) is 5.58 Å². The second kappa shape index (κ2) is 7.70. The first-order chi connectivity index (χ1) is 12.1. The number of oxazole rings is 1. The first-order valence-corrected chi connectivity index (χ1v) is 8.15. The highest BCUT2D eigenvalue weighted by Crippen LogP contribution is 2.13. The largest absolute Gasteiger partial charge is 0.497 e. The standard InChI is InChI=1S/C19H20N2O4/c1-24-15-6-2-13(3-7-15)5-9-18(22)20-11-10-14-4-8-16-17(12-14)25-19(23)21-16/h2-4,6-8,12H,5,9-11H2,1H3,(H,20,22)(H,21,23). The molecule has 0 fully saturated rings. The average molecular weight is 340 g/mol. The fraction of sp³-hybridized carbons (Fsp3) is 0.263. The molecule has 1 amide bonds. The molecule has 1 heterocycles. The van der Waals surface area contributed by atoms with Crippen LogP contribution in [0.2, 0.25) is 0 Å². The number of benzene rings is 2. The number of nitrogens with one attached hydrogen (secondary N) is 2. The fourth-order valence-corrected chi connectivity index (χ4v) is 2.63. The third-order valence-electron chi connectivity index (χ3n) is 4.02. The molecule has 6 nitrogen and oxygen atoms in total. The summed E-state index contributed by atoms with van der Waals surface area (Å²) in [6.07, 6.45) is 1.81. The van der Waals surface area contributed by atoms with Gasteiger partial charge in [0.1, 0.15) is 5.75 Å². The summed E-state index contributed by atoms with van der Waals surface area (Å²) >= 11 is 0. The molecule has 0 aliphatic rings. The molecule has 0 spiro atoms. The average Bonchev–Trinajstić information content (AvgIpc) is 2.99. The Bertz CT molecular complexity index is 909. The third-order valence-corrected chi connectivity index (χ3v) is 4.02. The zero-order chi connectivity index (χ0) is 17.6. The van der Waals surface area contributed by atoms with Gasteiger partial charge in [0.2, 0.25) is 5.91 Å². The molecule has 1 aromatic heterocycles. The maximum atomic E-state index is 11.9. The summed E-state index contributed by atoms with van der Waals surface area (Å²) in [7, 11) is 1.63. The maximum Gasteiger partial charge on any atom is 0.417 e. The minimum Gasteiger partial charge on any atom is -0.497 e. The van der Waals surface area contributed by atoms with Crippen LogP contribution in [0.5, 0.6) is 5.75 Å². The molecule has 130 valence electrons. The summed E-state index contributed by atoms with van der Waals surface area (Å²) in [5.74, 6) is 0.368. The monoisotopic (exact) mass is 340 g/mol. The van der Waals surface area contributed by atoms with Gasteiger partial charge >= 0.3 is 5.76 Å². The van der Waals surface area contributed by atoms with Crippen molar-refractivity contribution in [3.05, 3.63) is 64.1 Å². The number of aryl methyl sites for hydroxylation is 1. The third kappa shape index (κ3) is 4.50. The van der Waals surface area contributed by atoms with Crippen LogP contribution in [-0.4, -0.2) is 24.5 Å². The predicted molar refractivity (Wildman–Crippen MR) is 94.9 cm³/mol. The summed E-state index contributed by atoms with van der Waals surface area (Å²) in [5, 5.41) is 2.91. The summed E-state index contributed by atoms with van der Waals surface area (Å²) in [6, 6.07) is 13.2. The number of ether oxygens (including phenoxy) is 1. The van der Waals surface area contributed by atoms with Crippen molar-refractivity contribution >= 4 is 17.0 Å². The Kier molecular flexibility index (Phi) is 5.18. The van der Waals surface area contributed by atoms with E-state index >= 15 is 0 Å². The molecule has 6 heteroatoms. The summed E-state index contributed by atoms with van der Waals surface area (Å²) in [5.41, 5.74) is 3.32. The number of aromatic amines is 1. The van der Waals surface area contributed by atoms with Crippen LogP contribution >= 0.6 is 0 Å². The molecular formula is C19H20N2O4. The molecule has 3 rings (SSSR count). The molecule has 2 N–H and O–H groups in total. The minimum atomic E-state index is -0.459. The Morgan fingerprint density at radius 2 is 1.88 bits per heavy atom. The molecule has 0 atom stereocenters. The van der Waals surface area contributed by atoms with E-state index in [9.17, 15) is 9.59 Å². The number of hydrogen-bond donors (Lipinski definition) is 2. The second-order valence-corrected chi connectivity index (χ2v) is 5.79. The zero-order valence-electron chi connectivity index (χ0n) is 14.0. The number of rotatable bonds is 7. The number of carbonyl (C=O) groups is 1. The number of hydrogen-bond acceptors (Lipinski definition) is 4. The maximum absolute atomic E-state index is 11.9. The van der Waals surface area contributed by atoms with Crippen molar-refractivity contribution < 1.29 is 13.9 Å². The molecule has 0 radical (unpaired) electrons. The number of fused-ring (bicyclic) bond motifs is 1. The SMILES string of the molecule is COc1ccc(CCC(=O)NCCc2ccc3[nH]c(=O)oc3c2)cc1. The lowest BCUT2D eigenvalue weighted by Crippen LogP contribution is -2.25. The van der Waals surface area contributed by atoms with E-state index in [-0.39, 0.29) is 5.91 Å². The summed E-state index contributed by atoms with van der Waals surface area (Å²) < 4.78 is 10.1. The Labute approximate surface area is 144 Å². The van der Waals surface area contributed by atoms with Crippen molar-refractivity contribution in [3.8, 4) is 5.75 Å². The van der Waals surface area contributed by atoms with Crippen LogP contribution in [0.15, 0.2) is 51.7 Å². The van der Waals surface area contributed by atoms with Gasteiger partial charge in [-0.1, -0.05) is 18.2 Å². The number of methoxy groups -OCH3 is 1. The van der Waals surface area contributed by atoms with Crippen LogP contribution in [-0.2, 0) is 17.6 Å². The molecule has 0 unspecified atom stereocenters. The summed E-state index contributed by atoms with van der Waals surface area (Å²) in [6.45, 7) is 0.543. The van der Waals surface area contributed by atoms with Gasteiger partial charge in [-0.05, 0) is 48.2 Å².